The van der Waals surface area contributed by atoms with E-state index >= 15 is 0 Å². The van der Waals surface area contributed by atoms with Gasteiger partial charge >= 0.3 is 10.1 Å². The van der Waals surface area contributed by atoms with Gasteiger partial charge in [0.15, 0.2) is 0 Å². The normalized spacial score (nSPS) is 11.1. The minimum absolute atomic E-state index is 0.0143. The number of hydrogen-bond donors (Lipinski definition) is 1. The van der Waals surface area contributed by atoms with Crippen LogP contribution in [0, 0.1) is 13.8 Å². The first-order valence-corrected chi connectivity index (χ1v) is 10.7. The molecule has 3 rings (SSSR count). The first-order valence-electron chi connectivity index (χ1n) is 8.96. The highest BCUT2D eigenvalue weighted by Gasteiger charge is 2.19. The second kappa shape index (κ2) is 8.77. The van der Waals surface area contributed by atoms with Gasteiger partial charge < -0.3 is 14.2 Å². The second-order valence-electron chi connectivity index (χ2n) is 6.61. The predicted molar refractivity (Wildman–Crippen MR) is 116 cm³/mol. The zero-order valence-corrected chi connectivity index (χ0v) is 18.2. The largest absolute Gasteiger partial charge is 0.497 e. The zero-order chi connectivity index (χ0) is 21.9. The van der Waals surface area contributed by atoms with Gasteiger partial charge in [0, 0.05) is 16.3 Å². The Morgan fingerprint density at radius 1 is 0.933 bits per heavy atom. The number of carbonyl (C=O) groups excluding carboxylic acids is 1. The molecule has 30 heavy (non-hydrogen) atoms. The average Bonchev–Trinajstić information content (AvgIpc) is 2.72. The summed E-state index contributed by atoms with van der Waals surface area (Å²) in [5, 5.41) is 3.36. The molecule has 3 aromatic carbocycles. The molecule has 8 heteroatoms. The minimum Gasteiger partial charge on any atom is -0.497 e. The lowest BCUT2D eigenvalue weighted by atomic mass is 10.1. The van der Waals surface area contributed by atoms with Gasteiger partial charge in [-0.2, -0.15) is 8.42 Å². The summed E-state index contributed by atoms with van der Waals surface area (Å²) in [6, 6.07) is 15.7. The van der Waals surface area contributed by atoms with Gasteiger partial charge in [0.1, 0.15) is 16.4 Å². The number of anilines is 1. The molecule has 0 bridgehead atoms. The summed E-state index contributed by atoms with van der Waals surface area (Å²) in [5.41, 5.74) is 2.23. The van der Waals surface area contributed by atoms with Gasteiger partial charge in [-0.05, 0) is 85.6 Å². The van der Waals surface area contributed by atoms with Crippen molar-refractivity contribution >= 4 is 33.3 Å². The quantitative estimate of drug-likeness (QED) is 0.541. The lowest BCUT2D eigenvalue weighted by molar-refractivity contribution is 0.102. The number of nitrogens with one attached hydrogen (secondary N) is 1. The third-order valence-corrected chi connectivity index (χ3v) is 5.92. The maximum absolute atomic E-state index is 12.6. The third-order valence-electron chi connectivity index (χ3n) is 4.42. The number of carbonyl (C=O) groups is 1. The zero-order valence-electron chi connectivity index (χ0n) is 16.6. The highest BCUT2D eigenvalue weighted by atomic mass is 35.5. The second-order valence-corrected chi connectivity index (χ2v) is 8.59. The Kier molecular flexibility index (Phi) is 6.34. The van der Waals surface area contributed by atoms with Crippen molar-refractivity contribution in [1.82, 2.24) is 0 Å². The molecule has 0 spiro atoms. The van der Waals surface area contributed by atoms with Crippen LogP contribution in [0.3, 0.4) is 0 Å². The molecule has 0 unspecified atom stereocenters. The van der Waals surface area contributed by atoms with E-state index in [0.717, 1.165) is 0 Å². The first kappa shape index (κ1) is 21.7. The fourth-order valence-electron chi connectivity index (χ4n) is 2.72. The van der Waals surface area contributed by atoms with Gasteiger partial charge in [-0.1, -0.05) is 11.6 Å². The number of methoxy groups -OCH3 is 1. The van der Waals surface area contributed by atoms with Crippen molar-refractivity contribution in [1.29, 1.82) is 0 Å². The molecule has 0 fully saturated rings. The number of halogens is 1. The van der Waals surface area contributed by atoms with Crippen molar-refractivity contribution < 1.29 is 22.1 Å². The fourth-order valence-corrected chi connectivity index (χ4v) is 3.83. The van der Waals surface area contributed by atoms with E-state index in [0.29, 0.717) is 33.1 Å². The average molecular weight is 446 g/mol. The number of aryl methyl sites for hydroxylation is 2. The topological polar surface area (TPSA) is 81.7 Å². The Morgan fingerprint density at radius 2 is 1.57 bits per heavy atom. The standard InChI is InChI=1S/C22H20ClNO5S/c1-14-13-21(29-30(26,27)19-10-8-18(28-3)9-11-19)15(2)12-20(14)24-22(25)16-4-6-17(23)7-5-16/h4-13H,1-3H3,(H,24,25). The van der Waals surface area contributed by atoms with Crippen LogP contribution in [0.1, 0.15) is 21.5 Å². The number of hydrogen-bond acceptors (Lipinski definition) is 5. The van der Waals surface area contributed by atoms with Crippen LogP contribution in [0.4, 0.5) is 5.69 Å². The van der Waals surface area contributed by atoms with Gasteiger partial charge in [-0.3, -0.25) is 4.79 Å². The molecule has 0 aliphatic heterocycles. The van der Waals surface area contributed by atoms with Crippen LogP contribution >= 0.6 is 11.6 Å². The van der Waals surface area contributed by atoms with E-state index in [1.54, 1.807) is 62.4 Å². The highest BCUT2D eigenvalue weighted by molar-refractivity contribution is 7.87. The summed E-state index contributed by atoms with van der Waals surface area (Å²) in [6.45, 7) is 3.46. The Hall–Kier alpha value is -3.03. The first-order chi connectivity index (χ1) is 14.2. The molecule has 6 nitrogen and oxygen atoms in total. The predicted octanol–water partition coefficient (Wildman–Crippen LogP) is 4.99. The van der Waals surface area contributed by atoms with Crippen molar-refractivity contribution in [2.75, 3.05) is 12.4 Å². The molecule has 3 aromatic rings. The van der Waals surface area contributed by atoms with Crippen LogP contribution < -0.4 is 14.2 Å². The third kappa shape index (κ3) is 4.93. The lowest BCUT2D eigenvalue weighted by Gasteiger charge is -2.14. The molecule has 0 heterocycles. The van der Waals surface area contributed by atoms with Gasteiger partial charge in [0.2, 0.25) is 0 Å². The monoisotopic (exact) mass is 445 g/mol. The Labute approximate surface area is 180 Å². The molecule has 0 atom stereocenters. The molecule has 0 saturated carbocycles. The van der Waals surface area contributed by atoms with Crippen molar-refractivity contribution in [3.05, 3.63) is 82.4 Å². The maximum atomic E-state index is 12.6. The van der Waals surface area contributed by atoms with Crippen molar-refractivity contribution in [2.24, 2.45) is 0 Å². The van der Waals surface area contributed by atoms with E-state index in [1.165, 1.54) is 19.2 Å². The summed E-state index contributed by atoms with van der Waals surface area (Å²) in [4.78, 5) is 12.5. The van der Waals surface area contributed by atoms with Crippen LogP contribution in [-0.4, -0.2) is 21.4 Å². The van der Waals surface area contributed by atoms with Crippen molar-refractivity contribution in [3.8, 4) is 11.5 Å². The van der Waals surface area contributed by atoms with Crippen molar-refractivity contribution in [2.45, 2.75) is 18.7 Å². The van der Waals surface area contributed by atoms with E-state index in [-0.39, 0.29) is 16.6 Å². The van der Waals surface area contributed by atoms with Crippen LogP contribution in [-0.2, 0) is 10.1 Å². The Balaban J connectivity index is 1.81. The smallest absolute Gasteiger partial charge is 0.339 e. The Bertz CT molecular complexity index is 1170. The summed E-state index contributed by atoms with van der Waals surface area (Å²) < 4.78 is 35.6. The number of amides is 1. The molecule has 156 valence electrons. The summed E-state index contributed by atoms with van der Waals surface area (Å²) >= 11 is 5.85. The number of ether oxygens (including phenoxy) is 1. The molecule has 1 N–H and O–H groups in total. The molecule has 0 saturated heterocycles. The molecule has 0 aliphatic rings. The van der Waals surface area contributed by atoms with Crippen LogP contribution in [0.5, 0.6) is 11.5 Å². The SMILES string of the molecule is COc1ccc(S(=O)(=O)Oc2cc(C)c(NC(=O)c3ccc(Cl)cc3)cc2C)cc1. The molecule has 0 radical (unpaired) electrons. The van der Waals surface area contributed by atoms with E-state index in [2.05, 4.69) is 5.32 Å². The van der Waals surface area contributed by atoms with E-state index in [1.807, 2.05) is 0 Å². The number of rotatable bonds is 6. The molecule has 0 aliphatic carbocycles. The van der Waals surface area contributed by atoms with Crippen molar-refractivity contribution in [3.63, 3.8) is 0 Å². The number of benzene rings is 3. The maximum Gasteiger partial charge on any atom is 0.339 e. The summed E-state index contributed by atoms with van der Waals surface area (Å²) in [5.74, 6) is 0.434. The molecule has 1 amide bonds. The van der Waals surface area contributed by atoms with Crippen LogP contribution in [0.2, 0.25) is 5.02 Å². The van der Waals surface area contributed by atoms with Crippen LogP contribution in [0.25, 0.3) is 0 Å². The lowest BCUT2D eigenvalue weighted by Crippen LogP contribution is -2.14. The van der Waals surface area contributed by atoms with Gasteiger partial charge in [-0.15, -0.1) is 0 Å². The van der Waals surface area contributed by atoms with Crippen LogP contribution in [0.15, 0.2) is 65.6 Å². The molecule has 0 aromatic heterocycles. The van der Waals surface area contributed by atoms with E-state index in [4.69, 9.17) is 20.5 Å². The Morgan fingerprint density at radius 3 is 2.17 bits per heavy atom. The summed E-state index contributed by atoms with van der Waals surface area (Å²) in [6.07, 6.45) is 0. The van der Waals surface area contributed by atoms with Gasteiger partial charge in [0.05, 0.1) is 7.11 Å². The van der Waals surface area contributed by atoms with E-state index in [9.17, 15) is 13.2 Å². The minimum atomic E-state index is -4.02. The molecular formula is C22H20ClNO5S. The van der Waals surface area contributed by atoms with Gasteiger partial charge in [-0.25, -0.2) is 0 Å². The molecular weight excluding hydrogens is 426 g/mol. The highest BCUT2D eigenvalue weighted by Crippen LogP contribution is 2.29. The fraction of sp³-hybridized carbons (Fsp3) is 0.136. The van der Waals surface area contributed by atoms with Gasteiger partial charge in [0.25, 0.3) is 5.91 Å². The summed E-state index contributed by atoms with van der Waals surface area (Å²) in [7, 11) is -2.52. The van der Waals surface area contributed by atoms with E-state index < -0.39 is 10.1 Å².